The van der Waals surface area contributed by atoms with Gasteiger partial charge >= 0.3 is 6.18 Å². The van der Waals surface area contributed by atoms with Crippen LogP contribution in [0, 0.1) is 0 Å². The van der Waals surface area contributed by atoms with Crippen LogP contribution in [0.4, 0.5) is 13.2 Å². The predicted molar refractivity (Wildman–Crippen MR) is 75.0 cm³/mol. The van der Waals surface area contributed by atoms with Gasteiger partial charge in [-0.05, 0) is 17.7 Å². The topological polar surface area (TPSA) is 64.3 Å². The van der Waals surface area contributed by atoms with E-state index in [4.69, 9.17) is 10.5 Å². The Morgan fingerprint density at radius 2 is 1.90 bits per heavy atom. The summed E-state index contributed by atoms with van der Waals surface area (Å²) in [5.74, 6) is -0.262. The van der Waals surface area contributed by atoms with Crippen LogP contribution < -0.4 is 11.1 Å². The molecule has 0 aliphatic heterocycles. The third-order valence-corrected chi connectivity index (χ3v) is 2.78. The highest BCUT2D eigenvalue weighted by atomic mass is 35.5. The summed E-state index contributed by atoms with van der Waals surface area (Å²) in [6.45, 7) is 0.391. The number of rotatable bonds is 6. The smallest absolute Gasteiger partial charge is 0.380 e. The average Bonchev–Trinajstić information content (AvgIpc) is 2.42. The maximum atomic E-state index is 12.4. The lowest BCUT2D eigenvalue weighted by Gasteiger charge is -2.13. The number of hydrogen-bond acceptors (Lipinski definition) is 3. The molecule has 0 heterocycles. The Morgan fingerprint density at radius 3 is 2.33 bits per heavy atom. The van der Waals surface area contributed by atoms with Gasteiger partial charge in [-0.25, -0.2) is 0 Å². The van der Waals surface area contributed by atoms with Crippen molar-refractivity contribution < 1.29 is 22.7 Å². The second kappa shape index (κ2) is 8.86. The minimum Gasteiger partial charge on any atom is -0.380 e. The van der Waals surface area contributed by atoms with Crippen molar-refractivity contribution in [2.45, 2.75) is 25.2 Å². The van der Waals surface area contributed by atoms with Crippen molar-refractivity contribution >= 4 is 18.3 Å². The van der Waals surface area contributed by atoms with E-state index in [0.29, 0.717) is 5.56 Å². The first-order chi connectivity index (χ1) is 9.36. The van der Waals surface area contributed by atoms with Crippen molar-refractivity contribution in [3.63, 3.8) is 0 Å². The van der Waals surface area contributed by atoms with Crippen molar-refractivity contribution in [3.05, 3.63) is 35.4 Å². The molecule has 1 aromatic carbocycles. The van der Waals surface area contributed by atoms with Gasteiger partial charge in [-0.3, -0.25) is 4.79 Å². The van der Waals surface area contributed by atoms with Gasteiger partial charge in [0.1, 0.15) is 0 Å². The highest BCUT2D eigenvalue weighted by Crippen LogP contribution is 2.28. The van der Waals surface area contributed by atoms with Crippen LogP contribution in [0.15, 0.2) is 24.3 Å². The molecule has 0 fully saturated rings. The van der Waals surface area contributed by atoms with Gasteiger partial charge < -0.3 is 15.8 Å². The third-order valence-electron chi connectivity index (χ3n) is 2.78. The van der Waals surface area contributed by atoms with Gasteiger partial charge in [0.05, 0.1) is 18.1 Å². The van der Waals surface area contributed by atoms with Crippen LogP contribution in [0.25, 0.3) is 0 Å². The van der Waals surface area contributed by atoms with Crippen LogP contribution in [-0.4, -0.2) is 25.7 Å². The molecule has 1 amide bonds. The summed E-state index contributed by atoms with van der Waals surface area (Å²) in [4.78, 5) is 11.5. The third kappa shape index (κ3) is 6.79. The van der Waals surface area contributed by atoms with E-state index in [-0.39, 0.29) is 43.9 Å². The largest absolute Gasteiger partial charge is 0.416 e. The van der Waals surface area contributed by atoms with Crippen LogP contribution in [0.2, 0.25) is 0 Å². The van der Waals surface area contributed by atoms with Gasteiger partial charge in [-0.15, -0.1) is 12.4 Å². The number of nitrogens with one attached hydrogen (secondary N) is 1. The van der Waals surface area contributed by atoms with E-state index >= 15 is 0 Å². The van der Waals surface area contributed by atoms with E-state index in [1.807, 2.05) is 0 Å². The zero-order valence-electron chi connectivity index (χ0n) is 11.4. The fourth-order valence-electron chi connectivity index (χ4n) is 1.55. The van der Waals surface area contributed by atoms with Gasteiger partial charge in [0.15, 0.2) is 0 Å². The van der Waals surface area contributed by atoms with Crippen molar-refractivity contribution in [2.24, 2.45) is 5.73 Å². The molecule has 8 heteroatoms. The number of carbonyl (C=O) groups is 1. The Balaban J connectivity index is 0.00000400. The molecule has 0 bridgehead atoms. The summed E-state index contributed by atoms with van der Waals surface area (Å²) in [5.41, 5.74) is 5.26. The van der Waals surface area contributed by atoms with Gasteiger partial charge in [0.2, 0.25) is 5.91 Å². The monoisotopic (exact) mass is 326 g/mol. The molecule has 1 atom stereocenters. The number of ether oxygens (including phenoxy) is 1. The van der Waals surface area contributed by atoms with Crippen molar-refractivity contribution in [2.75, 3.05) is 13.7 Å². The molecule has 0 aliphatic rings. The first-order valence-electron chi connectivity index (χ1n) is 6.02. The van der Waals surface area contributed by atoms with Crippen molar-refractivity contribution in [1.82, 2.24) is 5.32 Å². The van der Waals surface area contributed by atoms with Crippen LogP contribution in [0.3, 0.4) is 0 Å². The van der Waals surface area contributed by atoms with Crippen LogP contribution >= 0.6 is 12.4 Å². The predicted octanol–water partition coefficient (Wildman–Crippen LogP) is 2.11. The van der Waals surface area contributed by atoms with E-state index < -0.39 is 11.7 Å². The molecule has 1 rings (SSSR count). The highest BCUT2D eigenvalue weighted by Gasteiger charge is 2.29. The van der Waals surface area contributed by atoms with E-state index in [0.717, 1.165) is 12.1 Å². The molecule has 0 saturated heterocycles. The Labute approximate surface area is 127 Å². The molecule has 3 N–H and O–H groups in total. The Kier molecular flexibility index (Phi) is 8.31. The van der Waals surface area contributed by atoms with Crippen molar-refractivity contribution in [3.8, 4) is 0 Å². The summed E-state index contributed by atoms with van der Waals surface area (Å²) in [5, 5.41) is 2.60. The second-order valence-corrected chi connectivity index (χ2v) is 4.27. The number of hydrogen-bond donors (Lipinski definition) is 2. The van der Waals surface area contributed by atoms with Crippen LogP contribution in [0.1, 0.15) is 17.5 Å². The maximum absolute atomic E-state index is 12.4. The van der Waals surface area contributed by atoms with Gasteiger partial charge in [-0.1, -0.05) is 12.1 Å². The molecule has 0 aliphatic carbocycles. The standard InChI is InChI=1S/C13H17F3N2O2.ClH/c1-20-11(7-17)6-12(19)18-8-9-2-4-10(5-3-9)13(14,15)16;/h2-5,11H,6-8,17H2,1H3,(H,18,19);1H. The van der Waals surface area contributed by atoms with Gasteiger partial charge in [0.25, 0.3) is 0 Å². The van der Waals surface area contributed by atoms with Gasteiger partial charge in [-0.2, -0.15) is 13.2 Å². The number of halogens is 4. The van der Waals surface area contributed by atoms with E-state index in [1.54, 1.807) is 0 Å². The number of benzene rings is 1. The molecular weight excluding hydrogens is 309 g/mol. The first kappa shape index (κ1) is 19.7. The molecule has 1 aromatic rings. The lowest BCUT2D eigenvalue weighted by molar-refractivity contribution is -0.137. The first-order valence-corrected chi connectivity index (χ1v) is 6.02. The van der Waals surface area contributed by atoms with Crippen molar-refractivity contribution in [1.29, 1.82) is 0 Å². The van der Waals surface area contributed by atoms with Crippen LogP contribution in [-0.2, 0) is 22.3 Å². The normalized spacial score (nSPS) is 12.4. The fraction of sp³-hybridized carbons (Fsp3) is 0.462. The summed E-state index contributed by atoms with van der Waals surface area (Å²) >= 11 is 0. The molecule has 21 heavy (non-hydrogen) atoms. The zero-order valence-corrected chi connectivity index (χ0v) is 12.3. The Morgan fingerprint density at radius 1 is 1.33 bits per heavy atom. The zero-order chi connectivity index (χ0) is 15.2. The number of alkyl halides is 3. The quantitative estimate of drug-likeness (QED) is 0.841. The second-order valence-electron chi connectivity index (χ2n) is 4.27. The maximum Gasteiger partial charge on any atom is 0.416 e. The molecule has 1 unspecified atom stereocenters. The van der Waals surface area contributed by atoms with Crippen LogP contribution in [0.5, 0.6) is 0 Å². The van der Waals surface area contributed by atoms with E-state index in [9.17, 15) is 18.0 Å². The average molecular weight is 327 g/mol. The summed E-state index contributed by atoms with van der Waals surface area (Å²) in [6.07, 6.45) is -4.59. The lowest BCUT2D eigenvalue weighted by atomic mass is 10.1. The highest BCUT2D eigenvalue weighted by molar-refractivity contribution is 5.85. The number of amides is 1. The SMILES string of the molecule is COC(CN)CC(=O)NCc1ccc(C(F)(F)F)cc1.Cl. The van der Waals surface area contributed by atoms with E-state index in [1.165, 1.54) is 19.2 Å². The number of carbonyl (C=O) groups excluding carboxylic acids is 1. The fourth-order valence-corrected chi connectivity index (χ4v) is 1.55. The molecule has 4 nitrogen and oxygen atoms in total. The summed E-state index contributed by atoms with van der Waals surface area (Å²) in [7, 11) is 1.46. The van der Waals surface area contributed by atoms with E-state index in [2.05, 4.69) is 5.32 Å². The Hall–Kier alpha value is -1.31. The summed E-state index contributed by atoms with van der Waals surface area (Å²) in [6, 6.07) is 4.64. The molecule has 0 spiro atoms. The minimum absolute atomic E-state index is 0. The molecule has 0 saturated carbocycles. The minimum atomic E-state index is -4.35. The molecule has 120 valence electrons. The number of nitrogens with two attached hydrogens (primary N) is 1. The molecular formula is C13H18ClF3N2O2. The molecule has 0 radical (unpaired) electrons. The molecule has 0 aromatic heterocycles. The summed E-state index contributed by atoms with van der Waals surface area (Å²) < 4.78 is 42.0. The number of methoxy groups -OCH3 is 1. The Bertz CT molecular complexity index is 434. The lowest BCUT2D eigenvalue weighted by Crippen LogP contribution is -2.31. The van der Waals surface area contributed by atoms with Gasteiger partial charge in [0, 0.05) is 20.2 Å².